The zero-order valence-corrected chi connectivity index (χ0v) is 12.5. The van der Waals surface area contributed by atoms with Gasteiger partial charge in [-0.15, -0.1) is 0 Å². The van der Waals surface area contributed by atoms with Gasteiger partial charge in [0.25, 0.3) is 0 Å². The molecule has 104 valence electrons. The fourth-order valence-corrected chi connectivity index (χ4v) is 3.19. The van der Waals surface area contributed by atoms with E-state index in [4.69, 9.17) is 0 Å². The lowest BCUT2D eigenvalue weighted by Crippen LogP contribution is -2.38. The molecule has 0 saturated carbocycles. The Morgan fingerprint density at radius 2 is 1.90 bits per heavy atom. The van der Waals surface area contributed by atoms with Crippen LogP contribution in [0.15, 0.2) is 42.5 Å². The van der Waals surface area contributed by atoms with Crippen LogP contribution in [-0.4, -0.2) is 13.6 Å². The van der Waals surface area contributed by atoms with Gasteiger partial charge in [0.2, 0.25) is 0 Å². The number of nitrogens with one attached hydrogen (secondary N) is 1. The molecule has 1 aliphatic rings. The summed E-state index contributed by atoms with van der Waals surface area (Å²) in [5.74, 6) is 0. The number of aryl methyl sites for hydroxylation is 2. The van der Waals surface area contributed by atoms with Crippen molar-refractivity contribution in [2.45, 2.75) is 26.4 Å². The van der Waals surface area contributed by atoms with Crippen molar-refractivity contribution in [3.8, 4) is 0 Å². The van der Waals surface area contributed by atoms with Crippen LogP contribution in [0.1, 0.15) is 28.3 Å². The summed E-state index contributed by atoms with van der Waals surface area (Å²) in [7, 11) is 2.20. The fourth-order valence-electron chi connectivity index (χ4n) is 3.19. The lowest BCUT2D eigenvalue weighted by atomic mass is 9.95. The van der Waals surface area contributed by atoms with Crippen LogP contribution in [0, 0.1) is 13.8 Å². The summed E-state index contributed by atoms with van der Waals surface area (Å²) in [5, 5.41) is 3.53. The Hall–Kier alpha value is -1.80. The highest BCUT2D eigenvalue weighted by Gasteiger charge is 2.24. The number of hydrogen-bond acceptors (Lipinski definition) is 2. The smallest absolute Gasteiger partial charge is 0.0667 e. The van der Waals surface area contributed by atoms with E-state index >= 15 is 0 Å². The number of benzene rings is 2. The Morgan fingerprint density at radius 1 is 1.10 bits per heavy atom. The molecule has 1 atom stereocenters. The van der Waals surface area contributed by atoms with Gasteiger partial charge < -0.3 is 10.2 Å². The Balaban J connectivity index is 1.97. The van der Waals surface area contributed by atoms with Crippen LogP contribution in [0.2, 0.25) is 0 Å². The minimum Gasteiger partial charge on any atom is -0.366 e. The van der Waals surface area contributed by atoms with Crippen molar-refractivity contribution in [3.63, 3.8) is 0 Å². The summed E-state index contributed by atoms with van der Waals surface area (Å²) in [6.45, 7) is 6.32. The van der Waals surface area contributed by atoms with Crippen molar-refractivity contribution in [1.82, 2.24) is 5.32 Å². The van der Waals surface area contributed by atoms with Gasteiger partial charge in [-0.1, -0.05) is 42.0 Å². The minimum atomic E-state index is 0.404. The predicted octanol–water partition coefficient (Wildman–Crippen LogP) is 3.58. The van der Waals surface area contributed by atoms with E-state index < -0.39 is 0 Å². The molecule has 0 amide bonds. The van der Waals surface area contributed by atoms with Crippen LogP contribution in [0.3, 0.4) is 0 Å². The summed E-state index contributed by atoms with van der Waals surface area (Å²) in [4.78, 5) is 2.40. The quantitative estimate of drug-likeness (QED) is 0.893. The monoisotopic (exact) mass is 266 g/mol. The highest BCUT2D eigenvalue weighted by molar-refractivity contribution is 5.56. The molecule has 1 unspecified atom stereocenters. The molecule has 0 spiro atoms. The molecule has 2 aromatic rings. The predicted molar refractivity (Wildman–Crippen MR) is 85.2 cm³/mol. The maximum Gasteiger partial charge on any atom is 0.0667 e. The van der Waals surface area contributed by atoms with Gasteiger partial charge in [0.15, 0.2) is 0 Å². The maximum absolute atomic E-state index is 3.53. The van der Waals surface area contributed by atoms with Crippen LogP contribution in [0.5, 0.6) is 0 Å². The van der Waals surface area contributed by atoms with E-state index in [1.54, 1.807) is 0 Å². The van der Waals surface area contributed by atoms with Crippen molar-refractivity contribution in [3.05, 3.63) is 64.7 Å². The largest absolute Gasteiger partial charge is 0.366 e. The second kappa shape index (κ2) is 5.29. The SMILES string of the molecule is Cc1ccc(N(C)C2CNCc3ccccc32)c(C)c1. The average Bonchev–Trinajstić information content (AvgIpc) is 2.46. The van der Waals surface area contributed by atoms with E-state index in [2.05, 4.69) is 73.6 Å². The molecule has 1 aliphatic heterocycles. The number of hydrogen-bond donors (Lipinski definition) is 1. The number of nitrogens with zero attached hydrogens (tertiary/aromatic N) is 1. The van der Waals surface area contributed by atoms with Crippen LogP contribution in [0.25, 0.3) is 0 Å². The Labute approximate surface area is 121 Å². The summed E-state index contributed by atoms with van der Waals surface area (Å²) < 4.78 is 0. The third-order valence-corrected chi connectivity index (χ3v) is 4.27. The molecule has 2 heteroatoms. The summed E-state index contributed by atoms with van der Waals surface area (Å²) >= 11 is 0. The number of likely N-dealkylation sites (N-methyl/N-ethyl adjacent to an activating group) is 1. The zero-order chi connectivity index (χ0) is 14.1. The molecule has 0 bridgehead atoms. The van der Waals surface area contributed by atoms with Crippen LogP contribution in [-0.2, 0) is 6.54 Å². The van der Waals surface area contributed by atoms with Gasteiger partial charge >= 0.3 is 0 Å². The molecule has 0 saturated heterocycles. The van der Waals surface area contributed by atoms with Crippen molar-refractivity contribution in [2.24, 2.45) is 0 Å². The van der Waals surface area contributed by atoms with Crippen LogP contribution in [0.4, 0.5) is 5.69 Å². The topological polar surface area (TPSA) is 15.3 Å². The second-order valence-electron chi connectivity index (χ2n) is 5.75. The molecule has 20 heavy (non-hydrogen) atoms. The van der Waals surface area contributed by atoms with Gasteiger partial charge in [0, 0.05) is 25.8 Å². The first-order chi connectivity index (χ1) is 9.66. The molecule has 0 radical (unpaired) electrons. The molecule has 2 aromatic carbocycles. The standard InChI is InChI=1S/C18H22N2/c1-13-8-9-17(14(2)10-13)20(3)18-12-19-11-15-6-4-5-7-16(15)18/h4-10,18-19H,11-12H2,1-3H3. The highest BCUT2D eigenvalue weighted by Crippen LogP contribution is 2.31. The van der Waals surface area contributed by atoms with Crippen molar-refractivity contribution in [2.75, 3.05) is 18.5 Å². The Kier molecular flexibility index (Phi) is 3.49. The third kappa shape index (κ3) is 2.32. The molecule has 1 N–H and O–H groups in total. The first kappa shape index (κ1) is 13.2. The molecule has 0 aliphatic carbocycles. The van der Waals surface area contributed by atoms with Gasteiger partial charge in [0.05, 0.1) is 6.04 Å². The molecule has 3 rings (SSSR count). The Bertz CT molecular complexity index is 619. The molecule has 0 fully saturated rings. The lowest BCUT2D eigenvalue weighted by molar-refractivity contribution is 0.534. The summed E-state index contributed by atoms with van der Waals surface area (Å²) in [5.41, 5.74) is 6.85. The van der Waals surface area contributed by atoms with E-state index in [1.165, 1.54) is 27.9 Å². The van der Waals surface area contributed by atoms with Gasteiger partial charge in [-0.25, -0.2) is 0 Å². The zero-order valence-electron chi connectivity index (χ0n) is 12.5. The lowest BCUT2D eigenvalue weighted by Gasteiger charge is -2.36. The average molecular weight is 266 g/mol. The van der Waals surface area contributed by atoms with E-state index in [-0.39, 0.29) is 0 Å². The minimum absolute atomic E-state index is 0.404. The number of anilines is 1. The van der Waals surface area contributed by atoms with Crippen LogP contribution < -0.4 is 10.2 Å². The van der Waals surface area contributed by atoms with Gasteiger partial charge in [-0.2, -0.15) is 0 Å². The molecule has 2 nitrogen and oxygen atoms in total. The summed E-state index contributed by atoms with van der Waals surface area (Å²) in [6.07, 6.45) is 0. The van der Waals surface area contributed by atoms with E-state index in [9.17, 15) is 0 Å². The first-order valence-electron chi connectivity index (χ1n) is 7.25. The van der Waals surface area contributed by atoms with E-state index in [1.807, 2.05) is 0 Å². The summed E-state index contributed by atoms with van der Waals surface area (Å²) in [6, 6.07) is 15.9. The first-order valence-corrected chi connectivity index (χ1v) is 7.25. The van der Waals surface area contributed by atoms with Crippen molar-refractivity contribution in [1.29, 1.82) is 0 Å². The van der Waals surface area contributed by atoms with E-state index in [0.29, 0.717) is 6.04 Å². The Morgan fingerprint density at radius 3 is 2.70 bits per heavy atom. The third-order valence-electron chi connectivity index (χ3n) is 4.27. The maximum atomic E-state index is 3.53. The normalized spacial score (nSPS) is 17.6. The fraction of sp³-hybridized carbons (Fsp3) is 0.333. The molecule has 0 aromatic heterocycles. The van der Waals surface area contributed by atoms with Crippen molar-refractivity contribution < 1.29 is 0 Å². The molecular weight excluding hydrogens is 244 g/mol. The number of fused-ring (bicyclic) bond motifs is 1. The molecule has 1 heterocycles. The van der Waals surface area contributed by atoms with Gasteiger partial charge in [0.1, 0.15) is 0 Å². The van der Waals surface area contributed by atoms with Crippen molar-refractivity contribution >= 4 is 5.69 Å². The molecular formula is C18H22N2. The number of rotatable bonds is 2. The van der Waals surface area contributed by atoms with Crippen LogP contribution >= 0.6 is 0 Å². The van der Waals surface area contributed by atoms with E-state index in [0.717, 1.165) is 13.1 Å². The van der Waals surface area contributed by atoms with Gasteiger partial charge in [-0.05, 0) is 36.6 Å². The van der Waals surface area contributed by atoms with Gasteiger partial charge in [-0.3, -0.25) is 0 Å². The second-order valence-corrected chi connectivity index (χ2v) is 5.75. The highest BCUT2D eigenvalue weighted by atomic mass is 15.2.